The number of fused-ring (bicyclic) bond motifs is 1. The number of thiazole rings is 1. The first-order valence-corrected chi connectivity index (χ1v) is 5.12. The second-order valence-corrected chi connectivity index (χ2v) is 4.31. The van der Waals surface area contributed by atoms with E-state index in [-0.39, 0.29) is 5.88 Å². The first-order valence-electron chi connectivity index (χ1n) is 4.30. The number of rotatable bonds is 1. The number of oxazole rings is 1. The van der Waals surface area contributed by atoms with Gasteiger partial charge in [0.25, 0.3) is 0 Å². The molecule has 0 radical (unpaired) electrons. The number of aryl methyl sites for hydroxylation is 1. The summed E-state index contributed by atoms with van der Waals surface area (Å²) < 4.78 is 10.4. The largest absolute Gasteiger partial charge is 0.443 e. The van der Waals surface area contributed by atoms with Crippen molar-refractivity contribution < 1.29 is 8.83 Å². The first kappa shape index (κ1) is 8.49. The van der Waals surface area contributed by atoms with Crippen molar-refractivity contribution in [1.29, 1.82) is 0 Å². The van der Waals surface area contributed by atoms with E-state index in [0.717, 1.165) is 9.88 Å². The molecule has 76 valence electrons. The summed E-state index contributed by atoms with van der Waals surface area (Å²) in [6.07, 6.45) is 3.19. The zero-order chi connectivity index (χ0) is 10.4. The molecule has 0 amide bonds. The van der Waals surface area contributed by atoms with Crippen LogP contribution in [-0.2, 0) is 0 Å². The number of hydrogen-bond donors (Lipinski definition) is 1. The third-order valence-corrected chi connectivity index (χ3v) is 2.91. The van der Waals surface area contributed by atoms with E-state index >= 15 is 0 Å². The second kappa shape index (κ2) is 2.83. The molecule has 0 fully saturated rings. The number of nitrogens with two attached hydrogens (primary N) is 1. The SMILES string of the molecule is Cc1ncc(-c2nc3c(N)occ3o2)s1. The molecular formula is C9H7N3O2S. The van der Waals surface area contributed by atoms with Crippen LogP contribution in [0.25, 0.3) is 21.9 Å². The molecule has 3 aromatic rings. The van der Waals surface area contributed by atoms with E-state index in [4.69, 9.17) is 14.6 Å². The molecule has 0 unspecified atom stereocenters. The summed E-state index contributed by atoms with van der Waals surface area (Å²) in [6, 6.07) is 0. The van der Waals surface area contributed by atoms with Gasteiger partial charge in [0.15, 0.2) is 11.1 Å². The van der Waals surface area contributed by atoms with E-state index in [2.05, 4.69) is 9.97 Å². The molecular weight excluding hydrogens is 214 g/mol. The summed E-state index contributed by atoms with van der Waals surface area (Å²) >= 11 is 1.53. The summed E-state index contributed by atoms with van der Waals surface area (Å²) in [5, 5.41) is 0.973. The molecule has 15 heavy (non-hydrogen) atoms. The Balaban J connectivity index is 2.19. The Hall–Kier alpha value is -1.82. The van der Waals surface area contributed by atoms with Crippen LogP contribution in [0.15, 0.2) is 21.3 Å². The van der Waals surface area contributed by atoms with Crippen LogP contribution in [0.1, 0.15) is 5.01 Å². The van der Waals surface area contributed by atoms with Gasteiger partial charge in [-0.1, -0.05) is 0 Å². The molecule has 0 aliphatic heterocycles. The lowest BCUT2D eigenvalue weighted by Gasteiger charge is -1.84. The fourth-order valence-electron chi connectivity index (χ4n) is 1.33. The van der Waals surface area contributed by atoms with Crippen molar-refractivity contribution in [1.82, 2.24) is 9.97 Å². The maximum absolute atomic E-state index is 5.57. The number of nitrogen functional groups attached to an aromatic ring is 1. The van der Waals surface area contributed by atoms with Crippen molar-refractivity contribution in [2.45, 2.75) is 6.92 Å². The molecule has 5 nitrogen and oxygen atoms in total. The van der Waals surface area contributed by atoms with Gasteiger partial charge in [0.05, 0.1) is 11.2 Å². The normalized spacial score (nSPS) is 11.3. The molecule has 0 atom stereocenters. The van der Waals surface area contributed by atoms with Crippen molar-refractivity contribution in [3.63, 3.8) is 0 Å². The summed E-state index contributed by atoms with van der Waals surface area (Å²) in [4.78, 5) is 9.27. The quantitative estimate of drug-likeness (QED) is 0.682. The summed E-state index contributed by atoms with van der Waals surface area (Å²) in [7, 11) is 0. The number of hydrogen-bond acceptors (Lipinski definition) is 6. The molecule has 6 heteroatoms. The minimum absolute atomic E-state index is 0.279. The highest BCUT2D eigenvalue weighted by Gasteiger charge is 2.14. The molecule has 0 saturated heterocycles. The van der Waals surface area contributed by atoms with Crippen LogP contribution < -0.4 is 5.73 Å². The van der Waals surface area contributed by atoms with Gasteiger partial charge in [0, 0.05) is 0 Å². The Kier molecular flexibility index (Phi) is 1.60. The van der Waals surface area contributed by atoms with E-state index < -0.39 is 0 Å². The van der Waals surface area contributed by atoms with E-state index in [9.17, 15) is 0 Å². The number of anilines is 1. The van der Waals surface area contributed by atoms with Gasteiger partial charge < -0.3 is 14.6 Å². The predicted octanol–water partition coefficient (Wildman–Crippen LogP) is 2.43. The minimum Gasteiger partial charge on any atom is -0.443 e. The average Bonchev–Trinajstić information content (AvgIpc) is 2.84. The van der Waals surface area contributed by atoms with Gasteiger partial charge in [0.1, 0.15) is 11.1 Å². The highest BCUT2D eigenvalue weighted by molar-refractivity contribution is 7.14. The lowest BCUT2D eigenvalue weighted by molar-refractivity contribution is 0.562. The second-order valence-electron chi connectivity index (χ2n) is 3.08. The monoisotopic (exact) mass is 221 g/mol. The molecule has 0 aliphatic carbocycles. The van der Waals surface area contributed by atoms with E-state index in [1.807, 2.05) is 6.92 Å². The Morgan fingerprint density at radius 3 is 3.00 bits per heavy atom. The molecule has 0 spiro atoms. The van der Waals surface area contributed by atoms with Gasteiger partial charge in [-0.2, -0.15) is 0 Å². The van der Waals surface area contributed by atoms with E-state index in [1.54, 1.807) is 6.20 Å². The van der Waals surface area contributed by atoms with Crippen LogP contribution in [-0.4, -0.2) is 9.97 Å². The van der Waals surface area contributed by atoms with Crippen molar-refractivity contribution in [3.8, 4) is 10.8 Å². The number of aromatic nitrogens is 2. The lowest BCUT2D eigenvalue weighted by Crippen LogP contribution is -1.80. The highest BCUT2D eigenvalue weighted by atomic mass is 32.1. The van der Waals surface area contributed by atoms with Gasteiger partial charge >= 0.3 is 0 Å². The number of nitrogens with zero attached hydrogens (tertiary/aromatic N) is 2. The van der Waals surface area contributed by atoms with Crippen molar-refractivity contribution in [2.75, 3.05) is 5.73 Å². The molecule has 3 aromatic heterocycles. The summed E-state index contributed by atoms with van der Waals surface area (Å²) in [5.41, 5.74) is 6.70. The zero-order valence-corrected chi connectivity index (χ0v) is 8.67. The van der Waals surface area contributed by atoms with Gasteiger partial charge in [-0.15, -0.1) is 11.3 Å². The van der Waals surface area contributed by atoms with Crippen molar-refractivity contribution >= 4 is 28.3 Å². The zero-order valence-electron chi connectivity index (χ0n) is 7.85. The molecule has 0 bridgehead atoms. The topological polar surface area (TPSA) is 78.1 Å². The maximum atomic E-state index is 5.57. The lowest BCUT2D eigenvalue weighted by atomic mass is 10.5. The van der Waals surface area contributed by atoms with Crippen LogP contribution in [0.5, 0.6) is 0 Å². The van der Waals surface area contributed by atoms with Gasteiger partial charge in [-0.3, -0.25) is 0 Å². The van der Waals surface area contributed by atoms with Crippen LogP contribution >= 0.6 is 11.3 Å². The molecule has 0 aliphatic rings. The Morgan fingerprint density at radius 2 is 2.33 bits per heavy atom. The van der Waals surface area contributed by atoms with E-state index in [0.29, 0.717) is 17.0 Å². The smallest absolute Gasteiger partial charge is 0.239 e. The third kappa shape index (κ3) is 1.22. The van der Waals surface area contributed by atoms with Gasteiger partial charge in [-0.25, -0.2) is 9.97 Å². The van der Waals surface area contributed by atoms with Crippen LogP contribution in [0, 0.1) is 6.92 Å². The maximum Gasteiger partial charge on any atom is 0.239 e. The first-order chi connectivity index (χ1) is 7.24. The Morgan fingerprint density at radius 1 is 1.47 bits per heavy atom. The third-order valence-electron chi connectivity index (χ3n) is 2.01. The van der Waals surface area contributed by atoms with E-state index in [1.165, 1.54) is 17.6 Å². The number of furan rings is 1. The summed E-state index contributed by atoms with van der Waals surface area (Å²) in [5.74, 6) is 0.814. The molecule has 3 heterocycles. The van der Waals surface area contributed by atoms with Crippen LogP contribution in [0.3, 0.4) is 0 Å². The van der Waals surface area contributed by atoms with Crippen LogP contribution in [0.2, 0.25) is 0 Å². The van der Waals surface area contributed by atoms with Gasteiger partial charge in [-0.05, 0) is 6.92 Å². The Bertz CT molecular complexity index is 622. The fourth-order valence-corrected chi connectivity index (χ4v) is 2.03. The molecule has 2 N–H and O–H groups in total. The van der Waals surface area contributed by atoms with Crippen molar-refractivity contribution in [2.24, 2.45) is 0 Å². The Labute approximate surface area is 88.5 Å². The minimum atomic E-state index is 0.279. The standard InChI is InChI=1S/C9H7N3O2S/c1-4-11-2-6(15-4)9-12-7-5(14-9)3-13-8(7)10/h2-3H,10H2,1H3. The van der Waals surface area contributed by atoms with Crippen molar-refractivity contribution in [3.05, 3.63) is 17.5 Å². The fraction of sp³-hybridized carbons (Fsp3) is 0.111. The molecule has 0 saturated carbocycles. The highest BCUT2D eigenvalue weighted by Crippen LogP contribution is 2.31. The molecule has 3 rings (SSSR count). The average molecular weight is 221 g/mol. The molecule has 0 aromatic carbocycles. The van der Waals surface area contributed by atoms with Crippen LogP contribution in [0.4, 0.5) is 5.88 Å². The predicted molar refractivity (Wildman–Crippen MR) is 56.5 cm³/mol. The summed E-state index contributed by atoms with van der Waals surface area (Å²) in [6.45, 7) is 1.93. The van der Waals surface area contributed by atoms with Gasteiger partial charge in [0.2, 0.25) is 11.8 Å².